The van der Waals surface area contributed by atoms with Crippen LogP contribution in [0.25, 0.3) is 0 Å². The van der Waals surface area contributed by atoms with Crippen molar-refractivity contribution in [3.8, 4) is 0 Å². The van der Waals surface area contributed by atoms with Crippen molar-refractivity contribution < 1.29 is 13.6 Å². The van der Waals surface area contributed by atoms with Crippen LogP contribution in [0, 0.1) is 11.6 Å². The van der Waals surface area contributed by atoms with Crippen molar-refractivity contribution in [2.24, 2.45) is 5.73 Å². The summed E-state index contributed by atoms with van der Waals surface area (Å²) in [5.74, 6) is -2.84. The summed E-state index contributed by atoms with van der Waals surface area (Å²) in [5, 5.41) is 2.40. The van der Waals surface area contributed by atoms with Crippen molar-refractivity contribution in [1.29, 1.82) is 0 Å². The molecule has 1 rings (SSSR count). The monoisotopic (exact) mass is 215 g/mol. The van der Waals surface area contributed by atoms with Gasteiger partial charge in [-0.05, 0) is 19.1 Å². The van der Waals surface area contributed by atoms with Crippen LogP contribution in [-0.2, 0) is 4.79 Å². The average molecular weight is 215 g/mol. The van der Waals surface area contributed by atoms with Crippen LogP contribution in [0.3, 0.4) is 0 Å². The minimum Gasteiger partial charge on any atom is -0.397 e. The predicted octanol–water partition coefficient (Wildman–Crippen LogP) is 0.833. The smallest absolute Gasteiger partial charge is 0.239 e. The van der Waals surface area contributed by atoms with E-state index in [2.05, 4.69) is 5.32 Å². The second kappa shape index (κ2) is 4.12. The Balaban J connectivity index is 3.03. The zero-order valence-corrected chi connectivity index (χ0v) is 8.05. The van der Waals surface area contributed by atoms with Gasteiger partial charge >= 0.3 is 0 Å². The quantitative estimate of drug-likeness (QED) is 0.653. The summed E-state index contributed by atoms with van der Waals surface area (Å²) in [6, 6.07) is 1.28. The second-order valence-corrected chi connectivity index (χ2v) is 3.09. The van der Waals surface area contributed by atoms with Gasteiger partial charge in [-0.1, -0.05) is 0 Å². The van der Waals surface area contributed by atoms with Gasteiger partial charge in [-0.15, -0.1) is 0 Å². The molecule has 1 aromatic carbocycles. The fraction of sp³-hybridized carbons (Fsp3) is 0.222. The number of primary amides is 1. The largest absolute Gasteiger partial charge is 0.397 e. The Morgan fingerprint density at radius 3 is 2.60 bits per heavy atom. The third-order valence-electron chi connectivity index (χ3n) is 1.91. The van der Waals surface area contributed by atoms with Gasteiger partial charge in [0, 0.05) is 0 Å². The van der Waals surface area contributed by atoms with Crippen molar-refractivity contribution in [3.05, 3.63) is 23.8 Å². The van der Waals surface area contributed by atoms with E-state index in [4.69, 9.17) is 11.5 Å². The van der Waals surface area contributed by atoms with E-state index >= 15 is 0 Å². The van der Waals surface area contributed by atoms with Crippen LogP contribution in [0.1, 0.15) is 6.92 Å². The number of anilines is 2. The maximum atomic E-state index is 13.2. The molecule has 0 aliphatic heterocycles. The Labute approximate surface area is 85.2 Å². The van der Waals surface area contributed by atoms with Gasteiger partial charge in [0.2, 0.25) is 5.91 Å². The normalized spacial score (nSPS) is 12.2. The van der Waals surface area contributed by atoms with Crippen molar-refractivity contribution in [2.75, 3.05) is 11.1 Å². The molecule has 0 aliphatic rings. The van der Waals surface area contributed by atoms with E-state index in [9.17, 15) is 13.6 Å². The lowest BCUT2D eigenvalue weighted by molar-refractivity contribution is -0.118. The molecule has 0 spiro atoms. The summed E-state index contributed by atoms with van der Waals surface area (Å²) in [5.41, 5.74) is 10.1. The SMILES string of the molecule is CC(Nc1c(N)ccc(F)c1F)C(N)=O. The maximum absolute atomic E-state index is 13.2. The van der Waals surface area contributed by atoms with Gasteiger partial charge in [0.25, 0.3) is 0 Å². The molecule has 0 bridgehead atoms. The van der Waals surface area contributed by atoms with Gasteiger partial charge in [-0.2, -0.15) is 0 Å². The first-order chi connectivity index (χ1) is 6.93. The molecule has 15 heavy (non-hydrogen) atoms. The van der Waals surface area contributed by atoms with Crippen molar-refractivity contribution in [1.82, 2.24) is 0 Å². The molecule has 0 aromatic heterocycles. The summed E-state index contributed by atoms with van der Waals surface area (Å²) in [6.07, 6.45) is 0. The summed E-state index contributed by atoms with van der Waals surface area (Å²) >= 11 is 0. The van der Waals surface area contributed by atoms with Crippen LogP contribution in [0.4, 0.5) is 20.2 Å². The molecule has 1 unspecified atom stereocenters. The van der Waals surface area contributed by atoms with E-state index in [0.29, 0.717) is 0 Å². The molecular weight excluding hydrogens is 204 g/mol. The molecular formula is C9H11F2N3O. The Hall–Kier alpha value is -1.85. The number of nitrogen functional groups attached to an aromatic ring is 1. The van der Waals surface area contributed by atoms with E-state index in [-0.39, 0.29) is 11.4 Å². The first-order valence-electron chi connectivity index (χ1n) is 4.22. The summed E-state index contributed by atoms with van der Waals surface area (Å²) in [6.45, 7) is 1.42. The van der Waals surface area contributed by atoms with Crippen molar-refractivity contribution in [3.63, 3.8) is 0 Å². The fourth-order valence-electron chi connectivity index (χ4n) is 1.000. The van der Waals surface area contributed by atoms with Gasteiger partial charge in [-0.3, -0.25) is 4.79 Å². The molecule has 1 atom stereocenters. The van der Waals surface area contributed by atoms with Crippen LogP contribution in [0.5, 0.6) is 0 Å². The number of carbonyl (C=O) groups excluding carboxylic acids is 1. The van der Waals surface area contributed by atoms with Crippen LogP contribution >= 0.6 is 0 Å². The highest BCUT2D eigenvalue weighted by atomic mass is 19.2. The first kappa shape index (κ1) is 11.2. The van der Waals surface area contributed by atoms with Gasteiger partial charge in [0.05, 0.1) is 11.4 Å². The number of hydrogen-bond donors (Lipinski definition) is 3. The number of benzene rings is 1. The molecule has 0 saturated carbocycles. The van der Waals surface area contributed by atoms with Crippen LogP contribution < -0.4 is 16.8 Å². The Morgan fingerprint density at radius 1 is 1.47 bits per heavy atom. The topological polar surface area (TPSA) is 81.1 Å². The number of rotatable bonds is 3. The van der Waals surface area contributed by atoms with Crippen LogP contribution in [0.15, 0.2) is 12.1 Å². The van der Waals surface area contributed by atoms with E-state index < -0.39 is 23.6 Å². The van der Waals surface area contributed by atoms with Gasteiger partial charge < -0.3 is 16.8 Å². The number of hydrogen-bond acceptors (Lipinski definition) is 3. The Morgan fingerprint density at radius 2 is 2.07 bits per heavy atom. The lowest BCUT2D eigenvalue weighted by Gasteiger charge is -2.14. The van der Waals surface area contributed by atoms with E-state index in [1.54, 1.807) is 0 Å². The number of nitrogens with one attached hydrogen (secondary N) is 1. The molecule has 5 N–H and O–H groups in total. The minimum absolute atomic E-state index is 0.0157. The highest BCUT2D eigenvalue weighted by Crippen LogP contribution is 2.24. The molecule has 6 heteroatoms. The minimum atomic E-state index is -1.12. The van der Waals surface area contributed by atoms with Gasteiger partial charge in [0.1, 0.15) is 6.04 Å². The molecule has 1 amide bonds. The van der Waals surface area contributed by atoms with Gasteiger partial charge in [0.15, 0.2) is 11.6 Å². The van der Waals surface area contributed by atoms with Crippen molar-refractivity contribution in [2.45, 2.75) is 13.0 Å². The molecule has 0 radical (unpaired) electrons. The summed E-state index contributed by atoms with van der Waals surface area (Å²) in [4.78, 5) is 10.7. The van der Waals surface area contributed by atoms with Crippen LogP contribution in [0.2, 0.25) is 0 Å². The zero-order chi connectivity index (χ0) is 11.6. The van der Waals surface area contributed by atoms with E-state index in [1.807, 2.05) is 0 Å². The first-order valence-corrected chi connectivity index (χ1v) is 4.22. The number of nitrogens with two attached hydrogens (primary N) is 2. The highest BCUT2D eigenvalue weighted by Gasteiger charge is 2.16. The maximum Gasteiger partial charge on any atom is 0.239 e. The number of carbonyl (C=O) groups is 1. The molecule has 0 saturated heterocycles. The Bertz CT molecular complexity index is 395. The van der Waals surface area contributed by atoms with Crippen molar-refractivity contribution >= 4 is 17.3 Å². The average Bonchev–Trinajstić information content (AvgIpc) is 2.18. The molecule has 4 nitrogen and oxygen atoms in total. The standard InChI is InChI=1S/C9H11F2N3O/c1-4(9(13)15)14-8-6(12)3-2-5(10)7(8)11/h2-4,14H,12H2,1H3,(H2,13,15). The molecule has 82 valence electrons. The second-order valence-electron chi connectivity index (χ2n) is 3.09. The highest BCUT2D eigenvalue weighted by molar-refractivity contribution is 5.84. The lowest BCUT2D eigenvalue weighted by Crippen LogP contribution is -2.33. The zero-order valence-electron chi connectivity index (χ0n) is 8.05. The van der Waals surface area contributed by atoms with Gasteiger partial charge in [-0.25, -0.2) is 8.78 Å². The lowest BCUT2D eigenvalue weighted by atomic mass is 10.2. The third kappa shape index (κ3) is 2.34. The summed E-state index contributed by atoms with van der Waals surface area (Å²) < 4.78 is 26.0. The van der Waals surface area contributed by atoms with E-state index in [1.165, 1.54) is 13.0 Å². The predicted molar refractivity (Wildman–Crippen MR) is 53.0 cm³/mol. The molecule has 1 aromatic rings. The molecule has 0 fully saturated rings. The fourth-order valence-corrected chi connectivity index (χ4v) is 1.000. The number of amides is 1. The van der Waals surface area contributed by atoms with E-state index in [0.717, 1.165) is 6.07 Å². The molecule has 0 aliphatic carbocycles. The number of halogens is 2. The van der Waals surface area contributed by atoms with Crippen LogP contribution in [-0.4, -0.2) is 11.9 Å². The Kier molecular flexibility index (Phi) is 3.08. The molecule has 0 heterocycles. The summed E-state index contributed by atoms with van der Waals surface area (Å²) in [7, 11) is 0. The third-order valence-corrected chi connectivity index (χ3v) is 1.91.